The number of imidazole rings is 1. The molecular weight excluding hydrogens is 454 g/mol. The molecule has 4 fully saturated rings. The van der Waals surface area contributed by atoms with Gasteiger partial charge in [-0.25, -0.2) is 4.98 Å². The van der Waals surface area contributed by atoms with Crippen LogP contribution in [0, 0.1) is 23.2 Å². The van der Waals surface area contributed by atoms with E-state index >= 15 is 0 Å². The lowest BCUT2D eigenvalue weighted by Crippen LogP contribution is -2.51. The first-order valence-electron chi connectivity index (χ1n) is 13.0. The van der Waals surface area contributed by atoms with Crippen LogP contribution in [0.3, 0.4) is 0 Å². The third-order valence-corrected chi connectivity index (χ3v) is 8.76. The van der Waals surface area contributed by atoms with Crippen molar-refractivity contribution in [2.75, 3.05) is 13.7 Å². The standard InChI is InChI=1S/C29H33N3O4/c1-36-22-5-2-4-18(11-22)12-23(28(34)35)24-16-32-25(6-3-7-26(32)31-24)27(33)30-17-29-13-19-8-20(14-29)10-21(9-19)15-29/h2-7,11,16,19-21,23H,8-10,12-15,17H2,1H3,(H,30,33)(H,34,35). The topological polar surface area (TPSA) is 92.9 Å². The molecule has 1 aromatic carbocycles. The van der Waals surface area contributed by atoms with E-state index in [1.807, 2.05) is 36.4 Å². The molecule has 36 heavy (non-hydrogen) atoms. The van der Waals surface area contributed by atoms with Gasteiger partial charge in [-0.15, -0.1) is 0 Å². The van der Waals surface area contributed by atoms with Crippen molar-refractivity contribution in [3.8, 4) is 5.75 Å². The zero-order valence-corrected chi connectivity index (χ0v) is 20.7. The molecule has 0 aliphatic heterocycles. The van der Waals surface area contributed by atoms with Gasteiger partial charge in [0.05, 0.1) is 12.8 Å². The second kappa shape index (κ2) is 8.95. The molecule has 2 aromatic heterocycles. The van der Waals surface area contributed by atoms with Gasteiger partial charge in [0.1, 0.15) is 23.0 Å². The number of carboxylic acid groups (broad SMARTS) is 1. The van der Waals surface area contributed by atoms with Crippen LogP contribution in [0.1, 0.15) is 66.2 Å². The summed E-state index contributed by atoms with van der Waals surface area (Å²) in [6.07, 6.45) is 9.84. The highest BCUT2D eigenvalue weighted by molar-refractivity contribution is 5.93. The fraction of sp³-hybridized carbons (Fsp3) is 0.483. The predicted octanol–water partition coefficient (Wildman–Crippen LogP) is 4.70. The summed E-state index contributed by atoms with van der Waals surface area (Å²) < 4.78 is 7.01. The van der Waals surface area contributed by atoms with Crippen molar-refractivity contribution in [2.45, 2.75) is 50.9 Å². The van der Waals surface area contributed by atoms with E-state index in [0.29, 0.717) is 22.8 Å². The van der Waals surface area contributed by atoms with Gasteiger partial charge in [-0.05, 0) is 97.9 Å². The highest BCUT2D eigenvalue weighted by atomic mass is 16.5. The number of nitrogens with one attached hydrogen (secondary N) is 1. The highest BCUT2D eigenvalue weighted by Gasteiger charge is 2.50. The summed E-state index contributed by atoms with van der Waals surface area (Å²) >= 11 is 0. The second-order valence-corrected chi connectivity index (χ2v) is 11.4. The molecule has 1 atom stereocenters. The van der Waals surface area contributed by atoms with Crippen LogP contribution in [0.2, 0.25) is 0 Å². The van der Waals surface area contributed by atoms with Crippen molar-refractivity contribution in [2.24, 2.45) is 23.2 Å². The van der Waals surface area contributed by atoms with Crippen LogP contribution < -0.4 is 10.1 Å². The van der Waals surface area contributed by atoms with Gasteiger partial charge in [0.25, 0.3) is 5.91 Å². The summed E-state index contributed by atoms with van der Waals surface area (Å²) in [6.45, 7) is 0.723. The van der Waals surface area contributed by atoms with Crippen LogP contribution in [0.15, 0.2) is 48.7 Å². The molecule has 7 nitrogen and oxygen atoms in total. The summed E-state index contributed by atoms with van der Waals surface area (Å²) in [6, 6.07) is 12.8. The number of methoxy groups -OCH3 is 1. The molecule has 4 aliphatic carbocycles. The first-order valence-corrected chi connectivity index (χ1v) is 13.0. The van der Waals surface area contributed by atoms with E-state index in [4.69, 9.17) is 4.74 Å². The number of carbonyl (C=O) groups is 2. The molecule has 0 radical (unpaired) electrons. The van der Waals surface area contributed by atoms with Gasteiger partial charge in [0, 0.05) is 12.7 Å². The number of carboxylic acids is 1. The molecule has 4 bridgehead atoms. The minimum Gasteiger partial charge on any atom is -0.497 e. The predicted molar refractivity (Wildman–Crippen MR) is 135 cm³/mol. The zero-order valence-electron chi connectivity index (χ0n) is 20.7. The van der Waals surface area contributed by atoms with Crippen molar-refractivity contribution >= 4 is 17.5 Å². The van der Waals surface area contributed by atoms with Gasteiger partial charge >= 0.3 is 5.97 Å². The van der Waals surface area contributed by atoms with Crippen LogP contribution in [0.5, 0.6) is 5.75 Å². The van der Waals surface area contributed by atoms with Gasteiger partial charge in [0.15, 0.2) is 0 Å². The lowest BCUT2D eigenvalue weighted by atomic mass is 9.49. The molecular formula is C29H33N3O4. The maximum absolute atomic E-state index is 13.3. The minimum atomic E-state index is -0.950. The van der Waals surface area contributed by atoms with Crippen LogP contribution in [0.25, 0.3) is 5.65 Å². The number of hydrogen-bond acceptors (Lipinski definition) is 4. The maximum atomic E-state index is 13.3. The third kappa shape index (κ3) is 4.25. The Kier molecular flexibility index (Phi) is 5.73. The average Bonchev–Trinajstić information content (AvgIpc) is 3.29. The van der Waals surface area contributed by atoms with E-state index < -0.39 is 11.9 Å². The Bertz CT molecular complexity index is 1280. The zero-order chi connectivity index (χ0) is 24.9. The number of aliphatic carboxylic acids is 1. The van der Waals surface area contributed by atoms with E-state index in [2.05, 4.69) is 10.3 Å². The number of hydrogen-bond donors (Lipinski definition) is 2. The van der Waals surface area contributed by atoms with E-state index in [0.717, 1.165) is 29.9 Å². The molecule has 2 heterocycles. The lowest BCUT2D eigenvalue weighted by molar-refractivity contribution is -0.138. The third-order valence-electron chi connectivity index (χ3n) is 8.76. The number of ether oxygens (including phenoxy) is 1. The number of amides is 1. The number of carbonyl (C=O) groups excluding carboxylic acids is 1. The SMILES string of the molecule is COc1cccc(CC(C(=O)O)c2cn3c(C(=O)NCC45CC6CC(CC(C6)C4)C5)cccc3n2)c1. The van der Waals surface area contributed by atoms with Gasteiger partial charge in [-0.3, -0.25) is 14.0 Å². The van der Waals surface area contributed by atoms with Crippen LogP contribution in [-0.4, -0.2) is 40.0 Å². The van der Waals surface area contributed by atoms with Crippen molar-refractivity contribution < 1.29 is 19.4 Å². The van der Waals surface area contributed by atoms with Crippen molar-refractivity contribution in [1.29, 1.82) is 0 Å². The van der Waals surface area contributed by atoms with Crippen LogP contribution in [0.4, 0.5) is 0 Å². The molecule has 0 spiro atoms. The summed E-state index contributed by atoms with van der Waals surface area (Å²) in [5, 5.41) is 13.2. The number of pyridine rings is 1. The minimum absolute atomic E-state index is 0.125. The Hall–Kier alpha value is -3.35. The van der Waals surface area contributed by atoms with Crippen molar-refractivity contribution in [3.05, 3.63) is 65.6 Å². The average molecular weight is 488 g/mol. The normalized spacial score (nSPS) is 27.2. The molecule has 188 valence electrons. The molecule has 7 rings (SSSR count). The molecule has 1 amide bonds. The van der Waals surface area contributed by atoms with Crippen LogP contribution >= 0.6 is 0 Å². The molecule has 4 saturated carbocycles. The summed E-state index contributed by atoms with van der Waals surface area (Å²) in [5.41, 5.74) is 2.61. The van der Waals surface area contributed by atoms with E-state index in [1.54, 1.807) is 23.8 Å². The lowest BCUT2D eigenvalue weighted by Gasteiger charge is -2.56. The maximum Gasteiger partial charge on any atom is 0.312 e. The number of aromatic nitrogens is 2. The van der Waals surface area contributed by atoms with Crippen molar-refractivity contribution in [3.63, 3.8) is 0 Å². The molecule has 0 saturated heterocycles. The van der Waals surface area contributed by atoms with Crippen LogP contribution in [-0.2, 0) is 11.2 Å². The first kappa shape index (κ1) is 23.1. The summed E-state index contributed by atoms with van der Waals surface area (Å²) in [7, 11) is 1.59. The van der Waals surface area contributed by atoms with E-state index in [9.17, 15) is 14.7 Å². The van der Waals surface area contributed by atoms with E-state index in [-0.39, 0.29) is 17.7 Å². The molecule has 3 aromatic rings. The smallest absolute Gasteiger partial charge is 0.312 e. The quantitative estimate of drug-likeness (QED) is 0.480. The monoisotopic (exact) mass is 487 g/mol. The van der Waals surface area contributed by atoms with Gasteiger partial charge < -0.3 is 15.2 Å². The second-order valence-electron chi connectivity index (χ2n) is 11.4. The number of nitrogens with zero attached hydrogens (tertiary/aromatic N) is 2. The molecule has 7 heteroatoms. The number of benzene rings is 1. The number of rotatable bonds is 8. The Morgan fingerprint density at radius 2 is 1.81 bits per heavy atom. The van der Waals surface area contributed by atoms with Gasteiger partial charge in [-0.1, -0.05) is 18.2 Å². The molecule has 2 N–H and O–H groups in total. The fourth-order valence-corrected chi connectivity index (χ4v) is 7.60. The fourth-order valence-electron chi connectivity index (χ4n) is 7.60. The Balaban J connectivity index is 1.22. The molecule has 4 aliphatic rings. The Morgan fingerprint density at radius 3 is 2.47 bits per heavy atom. The number of fused-ring (bicyclic) bond motifs is 1. The summed E-state index contributed by atoms with van der Waals surface area (Å²) in [5.74, 6) is 1.29. The summed E-state index contributed by atoms with van der Waals surface area (Å²) in [4.78, 5) is 30.1. The Labute approximate surface area is 210 Å². The first-order chi connectivity index (χ1) is 17.4. The molecule has 1 unspecified atom stereocenters. The Morgan fingerprint density at radius 1 is 1.11 bits per heavy atom. The highest BCUT2D eigenvalue weighted by Crippen LogP contribution is 2.59. The van der Waals surface area contributed by atoms with E-state index in [1.165, 1.54) is 38.5 Å². The van der Waals surface area contributed by atoms with Crippen molar-refractivity contribution in [1.82, 2.24) is 14.7 Å². The van der Waals surface area contributed by atoms with Gasteiger partial charge in [-0.2, -0.15) is 0 Å². The largest absolute Gasteiger partial charge is 0.497 e. The van der Waals surface area contributed by atoms with Gasteiger partial charge in [0.2, 0.25) is 0 Å².